The van der Waals surface area contributed by atoms with Gasteiger partial charge in [-0.3, -0.25) is 9.05 Å². The van der Waals surface area contributed by atoms with Gasteiger partial charge in [0, 0.05) is 0 Å². The fourth-order valence-electron chi connectivity index (χ4n) is 0.894. The second kappa shape index (κ2) is 6.44. The van der Waals surface area contributed by atoms with Gasteiger partial charge in [0.15, 0.2) is 6.10 Å². The molecule has 18 heavy (non-hydrogen) atoms. The maximum absolute atomic E-state index is 12.2. The van der Waals surface area contributed by atoms with E-state index in [9.17, 15) is 22.3 Å². The molecule has 0 bridgehead atoms. The highest BCUT2D eigenvalue weighted by Crippen LogP contribution is 2.43. The van der Waals surface area contributed by atoms with Crippen molar-refractivity contribution in [3.8, 4) is 0 Å². The lowest BCUT2D eigenvalue weighted by atomic mass is 10.2. The maximum atomic E-state index is 12.2. The molecular weight excluding hydrogens is 307 g/mol. The van der Waals surface area contributed by atoms with E-state index in [-0.39, 0.29) is 0 Å². The lowest BCUT2D eigenvalue weighted by Crippen LogP contribution is -2.31. The van der Waals surface area contributed by atoms with Crippen molar-refractivity contribution in [2.45, 2.75) is 25.1 Å². The normalized spacial score (nSPS) is 15.7. The van der Waals surface area contributed by atoms with Crippen LogP contribution in [0.15, 0.2) is 0 Å². The number of alkyl halides is 3. The molecule has 1 unspecified atom stereocenters. The van der Waals surface area contributed by atoms with Gasteiger partial charge in [0.25, 0.3) is 0 Å². The van der Waals surface area contributed by atoms with E-state index in [0.29, 0.717) is 0 Å². The maximum Gasteiger partial charge on any atom is 0.470 e. The Hall–Kier alpha value is 0.01000. The van der Waals surface area contributed by atoms with E-state index in [1.165, 1.54) is 0 Å². The molecule has 0 aliphatic heterocycles. The molecule has 0 aliphatic rings. The fraction of sp³-hybridized carbons (Fsp3) is 1.00. The highest BCUT2D eigenvalue weighted by Gasteiger charge is 2.43. The Morgan fingerprint density at radius 2 is 1.56 bits per heavy atom. The van der Waals surface area contributed by atoms with Gasteiger partial charge in [0.05, 0.1) is 6.61 Å². The molecule has 13 heteroatoms. The first-order chi connectivity index (χ1) is 7.81. The summed E-state index contributed by atoms with van der Waals surface area (Å²) in [4.78, 5) is 33.0. The first-order valence-corrected chi connectivity index (χ1v) is 7.38. The molecule has 110 valence electrons. The molecule has 0 aromatic carbocycles. The molecule has 0 aliphatic carbocycles. The second-order valence-electron chi connectivity index (χ2n) is 3.09. The molecule has 1 atom stereocenters. The van der Waals surface area contributed by atoms with Crippen LogP contribution < -0.4 is 0 Å². The molecule has 0 amide bonds. The largest absolute Gasteiger partial charge is 0.470 e. The minimum atomic E-state index is -5.31. The summed E-state index contributed by atoms with van der Waals surface area (Å²) in [7, 11) is -10.1. The molecule has 0 radical (unpaired) electrons. The highest BCUT2D eigenvalue weighted by atomic mass is 31.2. The number of halogens is 3. The van der Waals surface area contributed by atoms with Crippen LogP contribution in [0.1, 0.15) is 12.8 Å². The quantitative estimate of drug-likeness (QED) is 0.402. The average molecular weight is 318 g/mol. The van der Waals surface area contributed by atoms with E-state index in [1.54, 1.807) is 0 Å². The van der Waals surface area contributed by atoms with E-state index < -0.39 is 47.4 Å². The first kappa shape index (κ1) is 18.0. The zero-order valence-electron chi connectivity index (χ0n) is 8.65. The predicted octanol–water partition coefficient (Wildman–Crippen LogP) is 0.916. The Balaban J connectivity index is 4.28. The summed E-state index contributed by atoms with van der Waals surface area (Å²) in [6.07, 6.45) is -9.16. The third-order valence-electron chi connectivity index (χ3n) is 1.50. The van der Waals surface area contributed by atoms with Crippen LogP contribution in [-0.4, -0.2) is 38.5 Å². The van der Waals surface area contributed by atoms with Crippen LogP contribution in [0.5, 0.6) is 0 Å². The van der Waals surface area contributed by atoms with Crippen LogP contribution >= 0.6 is 15.6 Å². The van der Waals surface area contributed by atoms with Crippen LogP contribution in [0.4, 0.5) is 13.2 Å². The Morgan fingerprint density at radius 3 is 1.89 bits per heavy atom. The minimum Gasteiger partial charge on any atom is -0.303 e. The molecule has 0 saturated carbocycles. The SMILES string of the molecule is O=P(O)(O)OCCCC(OP(=O)(O)O)C(F)(F)F. The van der Waals surface area contributed by atoms with E-state index in [1.807, 2.05) is 0 Å². The molecule has 4 N–H and O–H groups in total. The van der Waals surface area contributed by atoms with Gasteiger partial charge in [0.2, 0.25) is 0 Å². The van der Waals surface area contributed by atoms with Gasteiger partial charge in [-0.2, -0.15) is 13.2 Å². The Labute approximate surface area is 99.2 Å². The monoisotopic (exact) mass is 318 g/mol. The van der Waals surface area contributed by atoms with Crippen molar-refractivity contribution >= 4 is 15.6 Å². The Morgan fingerprint density at radius 1 is 1.06 bits per heavy atom. The van der Waals surface area contributed by atoms with Crippen molar-refractivity contribution in [3.63, 3.8) is 0 Å². The van der Waals surface area contributed by atoms with Gasteiger partial charge in [-0.15, -0.1) is 0 Å². The molecule has 0 rings (SSSR count). The van der Waals surface area contributed by atoms with Crippen molar-refractivity contribution in [1.29, 1.82) is 0 Å². The number of phosphoric ester groups is 2. The number of hydrogen-bond donors (Lipinski definition) is 4. The van der Waals surface area contributed by atoms with E-state index >= 15 is 0 Å². The van der Waals surface area contributed by atoms with Crippen LogP contribution in [0.2, 0.25) is 0 Å². The average Bonchev–Trinajstić information content (AvgIpc) is 2.04. The lowest BCUT2D eigenvalue weighted by Gasteiger charge is -2.20. The van der Waals surface area contributed by atoms with Gasteiger partial charge in [-0.05, 0) is 12.8 Å². The zero-order chi connectivity index (χ0) is 14.6. The summed E-state index contributed by atoms with van der Waals surface area (Å²) in [6.45, 7) is -0.707. The van der Waals surface area contributed by atoms with Crippen LogP contribution in [-0.2, 0) is 18.2 Å². The molecule has 0 spiro atoms. The van der Waals surface area contributed by atoms with Gasteiger partial charge < -0.3 is 19.6 Å². The summed E-state index contributed by atoms with van der Waals surface area (Å²) < 4.78 is 64.6. The standard InChI is InChI=1S/C5H11F3O8P2/c6-5(7,8)4(16-18(12,13)14)2-1-3-15-17(9,10)11/h4H,1-3H2,(H2,9,10,11)(H2,12,13,14). The van der Waals surface area contributed by atoms with Crippen molar-refractivity contribution in [2.75, 3.05) is 6.61 Å². The second-order valence-corrected chi connectivity index (χ2v) is 5.52. The molecule has 0 saturated heterocycles. The van der Waals surface area contributed by atoms with Crippen molar-refractivity contribution in [1.82, 2.24) is 0 Å². The van der Waals surface area contributed by atoms with E-state index in [4.69, 9.17) is 19.6 Å². The Bertz CT molecular complexity index is 345. The van der Waals surface area contributed by atoms with Crippen LogP contribution in [0.25, 0.3) is 0 Å². The number of rotatable bonds is 7. The summed E-state index contributed by atoms with van der Waals surface area (Å²) in [6, 6.07) is 0. The fourth-order valence-corrected chi connectivity index (χ4v) is 1.82. The Kier molecular flexibility index (Phi) is 6.45. The van der Waals surface area contributed by atoms with Crippen molar-refractivity contribution in [2.24, 2.45) is 0 Å². The molecule has 0 aromatic rings. The topological polar surface area (TPSA) is 134 Å². The third-order valence-corrected chi connectivity index (χ3v) is 2.55. The van der Waals surface area contributed by atoms with Gasteiger partial charge in [-0.25, -0.2) is 9.13 Å². The van der Waals surface area contributed by atoms with Crippen molar-refractivity contribution < 1.29 is 50.9 Å². The predicted molar refractivity (Wildman–Crippen MR) is 50.2 cm³/mol. The van der Waals surface area contributed by atoms with Crippen LogP contribution in [0, 0.1) is 0 Å². The number of phosphoric acid groups is 2. The molecule has 0 fully saturated rings. The first-order valence-electron chi connectivity index (χ1n) is 4.32. The summed E-state index contributed by atoms with van der Waals surface area (Å²) >= 11 is 0. The van der Waals surface area contributed by atoms with Gasteiger partial charge >= 0.3 is 21.8 Å². The van der Waals surface area contributed by atoms with Crippen LogP contribution in [0.3, 0.4) is 0 Å². The molecular formula is C5H11F3O8P2. The van der Waals surface area contributed by atoms with E-state index in [2.05, 4.69) is 9.05 Å². The summed E-state index contributed by atoms with van der Waals surface area (Å²) in [5, 5.41) is 0. The smallest absolute Gasteiger partial charge is 0.303 e. The van der Waals surface area contributed by atoms with Gasteiger partial charge in [-0.1, -0.05) is 0 Å². The summed E-state index contributed by atoms with van der Waals surface area (Å²) in [5.74, 6) is 0. The zero-order valence-corrected chi connectivity index (χ0v) is 10.4. The van der Waals surface area contributed by atoms with Crippen molar-refractivity contribution in [3.05, 3.63) is 0 Å². The lowest BCUT2D eigenvalue weighted by molar-refractivity contribution is -0.201. The molecule has 8 nitrogen and oxygen atoms in total. The molecule has 0 heterocycles. The van der Waals surface area contributed by atoms with E-state index in [0.717, 1.165) is 0 Å². The number of hydrogen-bond acceptors (Lipinski definition) is 4. The van der Waals surface area contributed by atoms with Gasteiger partial charge in [0.1, 0.15) is 0 Å². The summed E-state index contributed by atoms with van der Waals surface area (Å²) in [5.41, 5.74) is 0. The minimum absolute atomic E-state index is 0.505. The molecule has 0 aromatic heterocycles. The third kappa shape index (κ3) is 9.98. The highest BCUT2D eigenvalue weighted by molar-refractivity contribution is 7.46.